The third kappa shape index (κ3) is 6.72. The molecule has 0 unspecified atom stereocenters. The number of carbonyl (C=O) groups is 1. The summed E-state index contributed by atoms with van der Waals surface area (Å²) in [7, 11) is 0. The van der Waals surface area contributed by atoms with Gasteiger partial charge in [-0.25, -0.2) is 10.3 Å². The summed E-state index contributed by atoms with van der Waals surface area (Å²) >= 11 is 0. The van der Waals surface area contributed by atoms with Crippen LogP contribution < -0.4 is 30.5 Å². The Bertz CT molecular complexity index is 1170. The number of nitrogens with zero attached hydrogens (tertiary/aromatic N) is 4. The molecule has 39 heavy (non-hydrogen) atoms. The van der Waals surface area contributed by atoms with Gasteiger partial charge >= 0.3 is 11.9 Å². The monoisotopic (exact) mass is 541 g/mol. The van der Waals surface area contributed by atoms with Crippen molar-refractivity contribution in [3.05, 3.63) is 57.8 Å². The predicted octanol–water partition coefficient (Wildman–Crippen LogP) is 3.17. The van der Waals surface area contributed by atoms with Gasteiger partial charge in [-0.3, -0.25) is 0 Å². The van der Waals surface area contributed by atoms with E-state index in [-0.39, 0.29) is 17.7 Å². The number of ether oxygens (including phenoxy) is 2. The number of hydrogen-bond acceptors (Lipinski definition) is 11. The molecule has 1 atom stereocenters. The van der Waals surface area contributed by atoms with Crippen LogP contribution in [0.15, 0.2) is 47.7 Å². The Morgan fingerprint density at radius 2 is 2.08 bits per heavy atom. The van der Waals surface area contributed by atoms with E-state index in [0.717, 1.165) is 36.7 Å². The number of nitro groups is 1. The van der Waals surface area contributed by atoms with Crippen LogP contribution in [0, 0.1) is 22.0 Å². The summed E-state index contributed by atoms with van der Waals surface area (Å²) in [4.78, 5) is 35.6. The van der Waals surface area contributed by atoms with Crippen molar-refractivity contribution in [3.8, 4) is 11.8 Å². The Hall–Kier alpha value is -4.00. The van der Waals surface area contributed by atoms with E-state index in [1.54, 1.807) is 12.1 Å². The number of hydroxylamine groups is 3. The van der Waals surface area contributed by atoms with Crippen molar-refractivity contribution in [3.63, 3.8) is 0 Å². The Balaban J connectivity index is 1.22. The van der Waals surface area contributed by atoms with Gasteiger partial charge < -0.3 is 35.1 Å². The third-order valence-corrected chi connectivity index (χ3v) is 6.86. The summed E-state index contributed by atoms with van der Waals surface area (Å²) in [6.07, 6.45) is 9.17. The molecular formula is C26H35N7O6. The molecule has 5 rings (SSSR count). The minimum Gasteiger partial charge on any atom is -0.476 e. The van der Waals surface area contributed by atoms with E-state index in [1.807, 2.05) is 6.07 Å². The molecule has 210 valence electrons. The fourth-order valence-electron chi connectivity index (χ4n) is 4.74. The second kappa shape index (κ2) is 11.8. The van der Waals surface area contributed by atoms with Gasteiger partial charge in [0.25, 0.3) is 0 Å². The maximum Gasteiger partial charge on any atom is 0.414 e. The summed E-state index contributed by atoms with van der Waals surface area (Å²) < 4.78 is 11.6. The first kappa shape index (κ1) is 26.6. The minimum atomic E-state index is -0.614. The SMILES string of the molecule is CC(C)C[C@@H](CNC1=CC=C([N+](=O)[O-])N2ONC=C12)NC(=O)Oc1ccc(N2CCCC2)c(OCC2CC2)n1. The molecule has 3 aliphatic heterocycles. The molecule has 4 aliphatic rings. The molecule has 3 N–H and O–H groups in total. The molecule has 1 amide bonds. The van der Waals surface area contributed by atoms with Gasteiger partial charge in [0.15, 0.2) is 0 Å². The molecule has 1 saturated carbocycles. The highest BCUT2D eigenvalue weighted by atomic mass is 16.8. The first-order chi connectivity index (χ1) is 18.9. The summed E-state index contributed by atoms with van der Waals surface area (Å²) in [6.45, 7) is 7.03. The Kier molecular flexibility index (Phi) is 8.05. The number of allylic oxidation sites excluding steroid dienone is 2. The first-order valence-corrected chi connectivity index (χ1v) is 13.5. The van der Waals surface area contributed by atoms with Crippen molar-refractivity contribution in [2.45, 2.75) is 52.0 Å². The van der Waals surface area contributed by atoms with E-state index in [4.69, 9.17) is 14.4 Å². The van der Waals surface area contributed by atoms with Crippen LogP contribution in [0.2, 0.25) is 0 Å². The van der Waals surface area contributed by atoms with Gasteiger partial charge in [0.1, 0.15) is 5.69 Å². The Morgan fingerprint density at radius 3 is 2.79 bits per heavy atom. The number of rotatable bonds is 12. The van der Waals surface area contributed by atoms with Gasteiger partial charge in [0.05, 0.1) is 18.5 Å². The second-order valence-corrected chi connectivity index (χ2v) is 10.6. The van der Waals surface area contributed by atoms with E-state index in [9.17, 15) is 14.9 Å². The lowest BCUT2D eigenvalue weighted by atomic mass is 10.0. The molecule has 4 heterocycles. The standard InChI is InChI=1S/C26H35N7O6/c1-17(2)13-19(14-27-20-7-10-24(33(35)36)32-22(20)15-28-39-32)29-26(34)38-23-9-8-21(31-11-3-4-12-31)25(30-23)37-16-18-5-6-18/h7-10,15,17-19,27-28H,3-6,11-14,16H2,1-2H3,(H,29,34)/t19-/m0/s1. The van der Waals surface area contributed by atoms with Crippen LogP contribution >= 0.6 is 0 Å². The van der Waals surface area contributed by atoms with E-state index in [0.29, 0.717) is 48.7 Å². The quantitative estimate of drug-likeness (QED) is 0.265. The molecule has 0 radical (unpaired) electrons. The van der Waals surface area contributed by atoms with Crippen LogP contribution in [-0.4, -0.2) is 53.3 Å². The van der Waals surface area contributed by atoms with Crippen LogP contribution in [0.4, 0.5) is 10.5 Å². The van der Waals surface area contributed by atoms with Crippen molar-refractivity contribution in [2.24, 2.45) is 11.8 Å². The molecule has 0 bridgehead atoms. The topological polar surface area (TPSA) is 143 Å². The number of pyridine rings is 1. The largest absolute Gasteiger partial charge is 0.476 e. The zero-order chi connectivity index (χ0) is 27.4. The van der Waals surface area contributed by atoms with Crippen LogP contribution in [0.3, 0.4) is 0 Å². The maximum atomic E-state index is 12.9. The summed E-state index contributed by atoms with van der Waals surface area (Å²) in [5.74, 6) is 1.35. The number of nitrogens with one attached hydrogen (secondary N) is 3. The lowest BCUT2D eigenvalue weighted by Gasteiger charge is -2.24. The highest BCUT2D eigenvalue weighted by Gasteiger charge is 2.37. The van der Waals surface area contributed by atoms with Gasteiger partial charge in [-0.1, -0.05) is 18.8 Å². The number of anilines is 1. The fraction of sp³-hybridized carbons (Fsp3) is 0.538. The Morgan fingerprint density at radius 1 is 1.28 bits per heavy atom. The van der Waals surface area contributed by atoms with Gasteiger partial charge in [-0.15, -0.1) is 0 Å². The molecule has 13 heteroatoms. The number of aromatic nitrogens is 1. The smallest absolute Gasteiger partial charge is 0.414 e. The van der Waals surface area contributed by atoms with Crippen molar-refractivity contribution < 1.29 is 24.1 Å². The van der Waals surface area contributed by atoms with Gasteiger partial charge in [0.2, 0.25) is 17.5 Å². The zero-order valence-electron chi connectivity index (χ0n) is 22.2. The molecule has 13 nitrogen and oxygen atoms in total. The zero-order valence-corrected chi connectivity index (χ0v) is 22.2. The first-order valence-electron chi connectivity index (χ1n) is 13.5. The van der Waals surface area contributed by atoms with Crippen LogP contribution in [0.5, 0.6) is 11.8 Å². The second-order valence-electron chi connectivity index (χ2n) is 10.6. The van der Waals surface area contributed by atoms with Crippen molar-refractivity contribution in [1.82, 2.24) is 26.2 Å². The van der Waals surface area contributed by atoms with E-state index < -0.39 is 11.0 Å². The van der Waals surface area contributed by atoms with Crippen molar-refractivity contribution in [1.29, 1.82) is 0 Å². The Labute approximate surface area is 226 Å². The number of amides is 1. The van der Waals surface area contributed by atoms with E-state index in [2.05, 4.69) is 39.8 Å². The van der Waals surface area contributed by atoms with E-state index in [1.165, 1.54) is 25.1 Å². The lowest BCUT2D eigenvalue weighted by Crippen LogP contribution is -2.44. The number of carbonyl (C=O) groups excluding carboxylic acids is 1. The highest BCUT2D eigenvalue weighted by Crippen LogP contribution is 2.35. The summed E-state index contributed by atoms with van der Waals surface area (Å²) in [6, 6.07) is 3.33. The molecular weight excluding hydrogens is 506 g/mol. The molecule has 1 aromatic heterocycles. The lowest BCUT2D eigenvalue weighted by molar-refractivity contribution is -0.465. The van der Waals surface area contributed by atoms with E-state index >= 15 is 0 Å². The molecule has 0 spiro atoms. The average Bonchev–Trinajstić information content (AvgIpc) is 3.33. The highest BCUT2D eigenvalue weighted by molar-refractivity contribution is 5.70. The molecule has 2 fully saturated rings. The average molecular weight is 542 g/mol. The van der Waals surface area contributed by atoms with Crippen LogP contribution in [0.25, 0.3) is 0 Å². The predicted molar refractivity (Wildman–Crippen MR) is 142 cm³/mol. The molecule has 1 saturated heterocycles. The van der Waals surface area contributed by atoms with Gasteiger partial charge in [0, 0.05) is 37.8 Å². The van der Waals surface area contributed by atoms with Crippen molar-refractivity contribution in [2.75, 3.05) is 31.1 Å². The normalized spacial score (nSPS) is 19.0. The van der Waals surface area contributed by atoms with Crippen LogP contribution in [0.1, 0.15) is 46.0 Å². The minimum absolute atomic E-state index is 0.180. The molecule has 0 aromatic carbocycles. The third-order valence-electron chi connectivity index (χ3n) is 6.86. The maximum absolute atomic E-state index is 12.9. The van der Waals surface area contributed by atoms with Crippen molar-refractivity contribution >= 4 is 11.8 Å². The fourth-order valence-corrected chi connectivity index (χ4v) is 4.74. The van der Waals surface area contributed by atoms with Crippen LogP contribution in [-0.2, 0) is 4.94 Å². The summed E-state index contributed by atoms with van der Waals surface area (Å²) in [5.41, 5.74) is 4.55. The van der Waals surface area contributed by atoms with Gasteiger partial charge in [-0.05, 0) is 66.1 Å². The number of hydrogen-bond donors (Lipinski definition) is 3. The molecule has 1 aliphatic carbocycles. The number of fused-ring (bicyclic) bond motifs is 1. The van der Waals surface area contributed by atoms with Gasteiger partial charge in [-0.2, -0.15) is 4.98 Å². The summed E-state index contributed by atoms with van der Waals surface area (Å²) in [5, 5.41) is 18.6. The molecule has 1 aromatic rings.